The van der Waals surface area contributed by atoms with Gasteiger partial charge in [0, 0.05) is 43.4 Å². The largest absolute Gasteiger partial charge is 0.387 e. The van der Waals surface area contributed by atoms with E-state index >= 15 is 0 Å². The van der Waals surface area contributed by atoms with Crippen LogP contribution in [0, 0.1) is 23.7 Å². The summed E-state index contributed by atoms with van der Waals surface area (Å²) in [7, 11) is 5.47. The Morgan fingerprint density at radius 1 is 0.891 bits per heavy atom. The van der Waals surface area contributed by atoms with Crippen molar-refractivity contribution in [3.63, 3.8) is 0 Å². The van der Waals surface area contributed by atoms with Gasteiger partial charge in [0.05, 0.1) is 47.8 Å². The highest BCUT2D eigenvalue weighted by Crippen LogP contribution is 2.48. The number of nitrogens with two attached hydrogens (primary N) is 1. The molecule has 0 aliphatic carbocycles. The number of methoxy groups -OCH3 is 1. The van der Waals surface area contributed by atoms with Crippen LogP contribution in [0.1, 0.15) is 81.6 Å². The molecule has 5 N–H and O–H groups in total. The molecule has 46 heavy (non-hydrogen) atoms. The average Bonchev–Trinajstić information content (AvgIpc) is 3.29. The molecule has 19 atom stereocenters. The third-order valence-electron chi connectivity index (χ3n) is 11.5. The number of ether oxygens (including phenoxy) is 7. The van der Waals surface area contributed by atoms with E-state index in [-0.39, 0.29) is 42.5 Å². The molecule has 0 aromatic carbocycles. The van der Waals surface area contributed by atoms with Crippen molar-refractivity contribution in [1.29, 1.82) is 0 Å². The van der Waals surface area contributed by atoms with Crippen molar-refractivity contribution in [3.8, 4) is 0 Å². The van der Waals surface area contributed by atoms with Crippen LogP contribution in [-0.2, 0) is 33.2 Å². The highest BCUT2D eigenvalue weighted by atomic mass is 16.7. The number of aliphatic hydroxyl groups is 3. The molecule has 4 rings (SSSR count). The molecule has 0 saturated carbocycles. The van der Waals surface area contributed by atoms with Gasteiger partial charge in [-0.05, 0) is 67.5 Å². The van der Waals surface area contributed by atoms with E-state index in [1.165, 1.54) is 0 Å². The Bertz CT molecular complexity index is 992. The van der Waals surface area contributed by atoms with Crippen LogP contribution in [-0.4, -0.2) is 132 Å². The van der Waals surface area contributed by atoms with Gasteiger partial charge in [-0.3, -0.25) is 0 Å². The fraction of sp³-hybridized carbons (Fsp3) is 1.00. The molecule has 12 nitrogen and oxygen atoms in total. The first-order chi connectivity index (χ1) is 21.3. The molecular weight excluding hydrogens is 596 g/mol. The van der Waals surface area contributed by atoms with E-state index in [1.807, 2.05) is 53.6 Å². The maximum absolute atomic E-state index is 11.7. The molecule has 0 amide bonds. The first kappa shape index (κ1) is 38.3. The van der Waals surface area contributed by atoms with E-state index in [4.69, 9.17) is 38.9 Å². The summed E-state index contributed by atoms with van der Waals surface area (Å²) in [5.41, 5.74) is 4.77. The third-order valence-corrected chi connectivity index (χ3v) is 11.5. The minimum Gasteiger partial charge on any atom is -0.387 e. The topological polar surface area (TPSA) is 155 Å². The number of hydrogen-bond donors (Lipinski definition) is 4. The molecule has 4 saturated heterocycles. The van der Waals surface area contributed by atoms with Crippen LogP contribution in [0.4, 0.5) is 0 Å². The van der Waals surface area contributed by atoms with E-state index in [0.717, 1.165) is 0 Å². The van der Waals surface area contributed by atoms with Crippen molar-refractivity contribution < 1.29 is 48.5 Å². The summed E-state index contributed by atoms with van der Waals surface area (Å²) in [6.45, 7) is 17.7. The van der Waals surface area contributed by atoms with Crippen LogP contribution >= 0.6 is 0 Å². The van der Waals surface area contributed by atoms with Gasteiger partial charge in [0.2, 0.25) is 0 Å². The molecule has 270 valence electrons. The van der Waals surface area contributed by atoms with Crippen molar-refractivity contribution >= 4 is 0 Å². The molecule has 7 unspecified atom stereocenters. The number of likely N-dealkylation sites (N-methyl/N-ethyl adjacent to an activating group) is 1. The molecule has 0 radical (unpaired) electrons. The van der Waals surface area contributed by atoms with Crippen LogP contribution in [0.25, 0.3) is 0 Å². The molecule has 4 aliphatic heterocycles. The van der Waals surface area contributed by atoms with Crippen molar-refractivity contribution in [2.24, 2.45) is 29.4 Å². The highest BCUT2D eigenvalue weighted by molar-refractivity contribution is 5.03. The third kappa shape index (κ3) is 7.63. The van der Waals surface area contributed by atoms with Crippen molar-refractivity contribution in [2.75, 3.05) is 21.2 Å². The Hall–Kier alpha value is -0.480. The Balaban J connectivity index is 1.77. The Morgan fingerprint density at radius 3 is 2.13 bits per heavy atom. The maximum Gasteiger partial charge on any atom is 0.185 e. The molecule has 12 heteroatoms. The summed E-state index contributed by atoms with van der Waals surface area (Å²) in [4.78, 5) is 2.01. The summed E-state index contributed by atoms with van der Waals surface area (Å²) < 4.78 is 45.3. The van der Waals surface area contributed by atoms with Gasteiger partial charge < -0.3 is 59.1 Å². The van der Waals surface area contributed by atoms with Crippen molar-refractivity contribution in [3.05, 3.63) is 0 Å². The van der Waals surface area contributed by atoms with Gasteiger partial charge in [0.15, 0.2) is 18.9 Å². The fourth-order valence-corrected chi connectivity index (χ4v) is 8.69. The lowest BCUT2D eigenvalue weighted by Gasteiger charge is -2.49. The molecule has 0 aromatic heterocycles. The van der Waals surface area contributed by atoms with E-state index in [0.29, 0.717) is 12.8 Å². The zero-order valence-electron chi connectivity index (χ0n) is 30.2. The number of nitrogens with zero attached hydrogens (tertiary/aromatic N) is 1. The zero-order valence-corrected chi connectivity index (χ0v) is 30.2. The van der Waals surface area contributed by atoms with Gasteiger partial charge >= 0.3 is 0 Å². The number of hydrogen-bond acceptors (Lipinski definition) is 12. The predicted molar refractivity (Wildman–Crippen MR) is 172 cm³/mol. The lowest BCUT2D eigenvalue weighted by atomic mass is 9.77. The first-order valence-corrected chi connectivity index (χ1v) is 17.3. The highest BCUT2D eigenvalue weighted by Gasteiger charge is 2.57. The smallest absolute Gasteiger partial charge is 0.185 e. The van der Waals surface area contributed by atoms with Crippen molar-refractivity contribution in [2.45, 2.75) is 173 Å². The van der Waals surface area contributed by atoms with E-state index in [2.05, 4.69) is 20.8 Å². The zero-order chi connectivity index (χ0) is 34.5. The normalized spacial score (nSPS) is 53.2. The average molecular weight is 661 g/mol. The fourth-order valence-electron chi connectivity index (χ4n) is 8.69. The van der Waals surface area contributed by atoms with E-state index < -0.39 is 78.5 Å². The second-order valence-corrected chi connectivity index (χ2v) is 15.7. The Kier molecular flexibility index (Phi) is 12.3. The van der Waals surface area contributed by atoms with Crippen molar-refractivity contribution in [1.82, 2.24) is 4.90 Å². The van der Waals surface area contributed by atoms with E-state index in [1.54, 1.807) is 14.0 Å². The maximum atomic E-state index is 11.7. The van der Waals surface area contributed by atoms with Gasteiger partial charge in [-0.2, -0.15) is 0 Å². The minimum absolute atomic E-state index is 0.131. The SMILES string of the molecule is COC1(C)C[C@H](O[C@@H]2[C@@H](C)[C@@H](O)O[C@@H](C(C)N)[C@@H](C)C3O[C@@](C)(C[C@@H]3C)[C@H](O[C@@H]3OC(C)CC(N(C)C)C3O)[C@H]2C)OC(C)[C@@H]1O. The van der Waals surface area contributed by atoms with Gasteiger partial charge in [-0.25, -0.2) is 0 Å². The summed E-state index contributed by atoms with van der Waals surface area (Å²) in [5.74, 6) is -0.962. The van der Waals surface area contributed by atoms with Crippen LogP contribution in [0.3, 0.4) is 0 Å². The lowest BCUT2D eigenvalue weighted by molar-refractivity contribution is -0.323. The summed E-state index contributed by atoms with van der Waals surface area (Å²) >= 11 is 0. The molecule has 0 aromatic rings. The Morgan fingerprint density at radius 2 is 1.54 bits per heavy atom. The molecule has 4 heterocycles. The van der Waals surface area contributed by atoms with Gasteiger partial charge in [-0.1, -0.05) is 27.7 Å². The summed E-state index contributed by atoms with van der Waals surface area (Å²) in [6, 6.07) is -0.523. The number of fused-ring (bicyclic) bond motifs is 2. The number of aliphatic hydroxyl groups excluding tert-OH is 3. The number of rotatable bonds is 7. The van der Waals surface area contributed by atoms with Gasteiger partial charge in [-0.15, -0.1) is 0 Å². The second kappa shape index (κ2) is 14.8. The monoisotopic (exact) mass is 660 g/mol. The second-order valence-electron chi connectivity index (χ2n) is 15.7. The standard InChI is InChI=1S/C34H64N2O10/c1-16-14-34(9)30(45-32-25(37)23(36(10)11)13-17(2)41-32)19(4)27(43-24-15-33(8,40-12)29(38)22(7)42-24)20(5)31(39)44-28(21(6)35)18(3)26(16)46-34/h16-32,37-39H,13-15,35H2,1-12H3/t16-,17?,18-,19-,20+,21?,22?,23?,24-,25?,26?,27-,28+,29-,30+,31-,32-,33?,34-/m0/s1. The molecule has 4 fully saturated rings. The molecular formula is C34H64N2O10. The molecule has 0 spiro atoms. The van der Waals surface area contributed by atoms with Gasteiger partial charge in [0.25, 0.3) is 0 Å². The van der Waals surface area contributed by atoms with Crippen LogP contribution < -0.4 is 5.73 Å². The summed E-state index contributed by atoms with van der Waals surface area (Å²) in [5, 5.41) is 34.0. The molecule has 4 aliphatic rings. The molecule has 2 bridgehead atoms. The summed E-state index contributed by atoms with van der Waals surface area (Å²) in [6.07, 6.45) is -5.67. The predicted octanol–water partition coefficient (Wildman–Crippen LogP) is 2.24. The van der Waals surface area contributed by atoms with Crippen LogP contribution in [0.5, 0.6) is 0 Å². The van der Waals surface area contributed by atoms with E-state index in [9.17, 15) is 15.3 Å². The van der Waals surface area contributed by atoms with Crippen LogP contribution in [0.15, 0.2) is 0 Å². The lowest BCUT2D eigenvalue weighted by Crippen LogP contribution is -2.60. The van der Waals surface area contributed by atoms with Gasteiger partial charge in [0.1, 0.15) is 12.2 Å². The minimum atomic E-state index is -1.22. The quantitative estimate of drug-likeness (QED) is 0.317. The first-order valence-electron chi connectivity index (χ1n) is 17.3. The van der Waals surface area contributed by atoms with Crippen LogP contribution in [0.2, 0.25) is 0 Å². The Labute approximate surface area is 276 Å².